The summed E-state index contributed by atoms with van der Waals surface area (Å²) >= 11 is 0. The highest BCUT2D eigenvalue weighted by Gasteiger charge is 2.12. The molecule has 1 aliphatic rings. The lowest BCUT2D eigenvalue weighted by Gasteiger charge is -2.16. The van der Waals surface area contributed by atoms with Crippen molar-refractivity contribution in [1.29, 1.82) is 0 Å². The number of nitrogens with one attached hydrogen (secondary N) is 1. The summed E-state index contributed by atoms with van der Waals surface area (Å²) in [6.07, 6.45) is 14.0. The second kappa shape index (κ2) is 6.10. The fourth-order valence-electron chi connectivity index (χ4n) is 1.98. The van der Waals surface area contributed by atoms with Crippen molar-refractivity contribution in [2.24, 2.45) is 0 Å². The van der Waals surface area contributed by atoms with E-state index >= 15 is 0 Å². The van der Waals surface area contributed by atoms with Gasteiger partial charge in [-0.3, -0.25) is 9.78 Å². The first-order valence-electron chi connectivity index (χ1n) is 6.17. The van der Waals surface area contributed by atoms with E-state index in [1.807, 2.05) is 6.92 Å². The molecule has 2 rings (SSSR count). The third kappa shape index (κ3) is 3.52. The zero-order valence-corrected chi connectivity index (χ0v) is 10.5. The average Bonchev–Trinajstić information content (AvgIpc) is 2.40. The SMILES string of the molecule is CC(CC1=CC=CCC1)NC(=O)c1cnccn1. The van der Waals surface area contributed by atoms with E-state index in [-0.39, 0.29) is 11.9 Å². The maximum absolute atomic E-state index is 11.8. The predicted octanol–water partition coefficient (Wildman–Crippen LogP) is 2.26. The van der Waals surface area contributed by atoms with Crippen molar-refractivity contribution >= 4 is 5.91 Å². The van der Waals surface area contributed by atoms with Crippen LogP contribution in [-0.4, -0.2) is 21.9 Å². The second-order valence-electron chi connectivity index (χ2n) is 4.46. The van der Waals surface area contributed by atoms with Crippen molar-refractivity contribution < 1.29 is 4.79 Å². The molecule has 4 nitrogen and oxygen atoms in total. The minimum Gasteiger partial charge on any atom is -0.348 e. The van der Waals surface area contributed by atoms with Crippen LogP contribution in [0.25, 0.3) is 0 Å². The summed E-state index contributed by atoms with van der Waals surface area (Å²) in [5, 5.41) is 2.94. The molecule has 0 saturated heterocycles. The Morgan fingerprint density at radius 1 is 1.50 bits per heavy atom. The summed E-state index contributed by atoms with van der Waals surface area (Å²) < 4.78 is 0. The number of nitrogens with zero attached hydrogens (tertiary/aromatic N) is 2. The maximum atomic E-state index is 11.8. The fraction of sp³-hybridized carbons (Fsp3) is 0.357. The van der Waals surface area contributed by atoms with Gasteiger partial charge in [0.2, 0.25) is 0 Å². The molecule has 1 atom stereocenters. The van der Waals surface area contributed by atoms with Gasteiger partial charge in [0.05, 0.1) is 6.20 Å². The highest BCUT2D eigenvalue weighted by atomic mass is 16.1. The van der Waals surface area contributed by atoms with Crippen LogP contribution >= 0.6 is 0 Å². The van der Waals surface area contributed by atoms with Crippen LogP contribution in [0.5, 0.6) is 0 Å². The van der Waals surface area contributed by atoms with Crippen LogP contribution in [0, 0.1) is 0 Å². The number of rotatable bonds is 4. The van der Waals surface area contributed by atoms with Crippen molar-refractivity contribution in [1.82, 2.24) is 15.3 Å². The van der Waals surface area contributed by atoms with Gasteiger partial charge in [0.25, 0.3) is 5.91 Å². The van der Waals surface area contributed by atoms with Gasteiger partial charge < -0.3 is 5.32 Å². The molecule has 1 heterocycles. The van der Waals surface area contributed by atoms with Crippen molar-refractivity contribution in [3.05, 3.63) is 48.1 Å². The molecule has 0 bridgehead atoms. The van der Waals surface area contributed by atoms with E-state index in [0.29, 0.717) is 5.69 Å². The maximum Gasteiger partial charge on any atom is 0.271 e. The van der Waals surface area contributed by atoms with Gasteiger partial charge in [0, 0.05) is 18.4 Å². The molecule has 1 N–H and O–H groups in total. The summed E-state index contributed by atoms with van der Waals surface area (Å²) in [6.45, 7) is 2.01. The van der Waals surface area contributed by atoms with Crippen LogP contribution in [-0.2, 0) is 0 Å². The number of hydrogen-bond acceptors (Lipinski definition) is 3. The summed E-state index contributed by atoms with van der Waals surface area (Å²) in [6, 6.07) is 0.109. The number of allylic oxidation sites excluding steroid dienone is 3. The van der Waals surface area contributed by atoms with E-state index in [0.717, 1.165) is 19.3 Å². The van der Waals surface area contributed by atoms with Crippen LogP contribution in [0.3, 0.4) is 0 Å². The monoisotopic (exact) mass is 243 g/mol. The van der Waals surface area contributed by atoms with Crippen LogP contribution in [0.15, 0.2) is 42.4 Å². The Kier molecular flexibility index (Phi) is 4.23. The minimum absolute atomic E-state index is 0.109. The van der Waals surface area contributed by atoms with Gasteiger partial charge >= 0.3 is 0 Å². The van der Waals surface area contributed by atoms with Crippen molar-refractivity contribution in [2.45, 2.75) is 32.2 Å². The molecule has 1 aliphatic carbocycles. The van der Waals surface area contributed by atoms with E-state index in [9.17, 15) is 4.79 Å². The summed E-state index contributed by atoms with van der Waals surface area (Å²) in [5.74, 6) is -0.164. The first kappa shape index (κ1) is 12.5. The first-order chi connectivity index (χ1) is 8.75. The van der Waals surface area contributed by atoms with Gasteiger partial charge in [-0.2, -0.15) is 0 Å². The van der Waals surface area contributed by atoms with Crippen LogP contribution in [0.1, 0.15) is 36.7 Å². The molecule has 1 unspecified atom stereocenters. The lowest BCUT2D eigenvalue weighted by atomic mass is 9.99. The third-order valence-electron chi connectivity index (χ3n) is 2.84. The van der Waals surface area contributed by atoms with Crippen molar-refractivity contribution in [3.63, 3.8) is 0 Å². The molecule has 0 aromatic carbocycles. The molecule has 94 valence electrons. The van der Waals surface area contributed by atoms with Gasteiger partial charge in [-0.05, 0) is 26.2 Å². The Bertz CT molecular complexity index is 465. The Labute approximate surface area is 107 Å². The first-order valence-corrected chi connectivity index (χ1v) is 6.17. The number of carbonyl (C=O) groups is 1. The topological polar surface area (TPSA) is 54.9 Å². The highest BCUT2D eigenvalue weighted by Crippen LogP contribution is 2.16. The minimum atomic E-state index is -0.164. The Hall–Kier alpha value is -1.97. The van der Waals surface area contributed by atoms with E-state index in [1.165, 1.54) is 18.0 Å². The Morgan fingerprint density at radius 3 is 3.06 bits per heavy atom. The molecule has 1 aromatic rings. The number of hydrogen-bond donors (Lipinski definition) is 1. The van der Waals surface area contributed by atoms with Crippen molar-refractivity contribution in [2.75, 3.05) is 0 Å². The molecule has 0 fully saturated rings. The molecule has 0 radical (unpaired) electrons. The second-order valence-corrected chi connectivity index (χ2v) is 4.46. The molecule has 0 spiro atoms. The number of aromatic nitrogens is 2. The highest BCUT2D eigenvalue weighted by molar-refractivity contribution is 5.92. The molecule has 1 aromatic heterocycles. The Balaban J connectivity index is 1.87. The molecule has 1 amide bonds. The smallest absolute Gasteiger partial charge is 0.271 e. The molecule has 0 saturated carbocycles. The van der Waals surface area contributed by atoms with Gasteiger partial charge in [-0.15, -0.1) is 0 Å². The molecule has 4 heteroatoms. The van der Waals surface area contributed by atoms with Crippen LogP contribution in [0.4, 0.5) is 0 Å². The zero-order chi connectivity index (χ0) is 12.8. The normalized spacial score (nSPS) is 15.9. The summed E-state index contributed by atoms with van der Waals surface area (Å²) in [5.41, 5.74) is 1.74. The number of carbonyl (C=O) groups excluding carboxylic acids is 1. The predicted molar refractivity (Wildman–Crippen MR) is 70.0 cm³/mol. The zero-order valence-electron chi connectivity index (χ0n) is 10.5. The van der Waals surface area contributed by atoms with E-state index < -0.39 is 0 Å². The largest absolute Gasteiger partial charge is 0.348 e. The van der Waals surface area contributed by atoms with Crippen molar-refractivity contribution in [3.8, 4) is 0 Å². The summed E-state index contributed by atoms with van der Waals surface area (Å²) in [4.78, 5) is 19.7. The standard InChI is InChI=1S/C14H17N3O/c1-11(9-12-5-3-2-4-6-12)17-14(18)13-10-15-7-8-16-13/h2-3,5,7-8,10-11H,4,6,9H2,1H3,(H,17,18). The fourth-order valence-corrected chi connectivity index (χ4v) is 1.98. The van der Waals surface area contributed by atoms with Gasteiger partial charge in [0.15, 0.2) is 0 Å². The lowest BCUT2D eigenvalue weighted by Crippen LogP contribution is -2.33. The molecular weight excluding hydrogens is 226 g/mol. The van der Waals surface area contributed by atoms with Gasteiger partial charge in [-0.25, -0.2) is 4.98 Å². The van der Waals surface area contributed by atoms with E-state index in [1.54, 1.807) is 6.20 Å². The molecule has 18 heavy (non-hydrogen) atoms. The summed E-state index contributed by atoms with van der Waals surface area (Å²) in [7, 11) is 0. The van der Waals surface area contributed by atoms with E-state index in [2.05, 4.69) is 33.5 Å². The average molecular weight is 243 g/mol. The van der Waals surface area contributed by atoms with Crippen LogP contribution in [0.2, 0.25) is 0 Å². The van der Waals surface area contributed by atoms with Gasteiger partial charge in [0.1, 0.15) is 5.69 Å². The number of amides is 1. The molecular formula is C14H17N3O. The van der Waals surface area contributed by atoms with Gasteiger partial charge in [-0.1, -0.05) is 23.8 Å². The Morgan fingerprint density at radius 2 is 2.39 bits per heavy atom. The quantitative estimate of drug-likeness (QED) is 0.882. The van der Waals surface area contributed by atoms with E-state index in [4.69, 9.17) is 0 Å². The van der Waals surface area contributed by atoms with Crippen LogP contribution < -0.4 is 5.32 Å². The third-order valence-corrected chi connectivity index (χ3v) is 2.84. The lowest BCUT2D eigenvalue weighted by molar-refractivity contribution is 0.0934. The molecule has 0 aliphatic heterocycles.